The van der Waals surface area contributed by atoms with E-state index in [9.17, 15) is 9.59 Å². The smallest absolute Gasteiger partial charge is 0.277 e. The Morgan fingerprint density at radius 2 is 1.73 bits per heavy atom. The van der Waals surface area contributed by atoms with Gasteiger partial charge in [-0.2, -0.15) is 5.10 Å². The highest BCUT2D eigenvalue weighted by molar-refractivity contribution is 9.11. The van der Waals surface area contributed by atoms with Gasteiger partial charge in [0.2, 0.25) is 5.91 Å². The highest BCUT2D eigenvalue weighted by Gasteiger charge is 2.09. The van der Waals surface area contributed by atoms with E-state index in [1.165, 1.54) is 0 Å². The fraction of sp³-hybridized carbons (Fsp3) is 0.286. The molecule has 2 aromatic rings. The summed E-state index contributed by atoms with van der Waals surface area (Å²) in [5.41, 5.74) is 4.50. The van der Waals surface area contributed by atoms with Crippen LogP contribution in [0.2, 0.25) is 0 Å². The number of carbonyl (C=O) groups excluding carboxylic acids is 2. The molecule has 0 aromatic heterocycles. The van der Waals surface area contributed by atoms with Gasteiger partial charge in [0, 0.05) is 15.9 Å². The second-order valence-corrected chi connectivity index (χ2v) is 8.09. The highest BCUT2D eigenvalue weighted by Crippen LogP contribution is 2.31. The van der Waals surface area contributed by atoms with Crippen LogP contribution in [0.25, 0.3) is 0 Å². The van der Waals surface area contributed by atoms with E-state index in [0.717, 1.165) is 20.3 Å². The fourth-order valence-corrected chi connectivity index (χ4v) is 3.46. The highest BCUT2D eigenvalue weighted by atomic mass is 79.9. The molecule has 0 fully saturated rings. The molecule has 0 spiro atoms. The summed E-state index contributed by atoms with van der Waals surface area (Å²) in [7, 11) is 0. The molecule has 2 aromatic carbocycles. The Kier molecular flexibility index (Phi) is 9.32. The van der Waals surface area contributed by atoms with Crippen molar-refractivity contribution in [3.8, 4) is 11.5 Å². The lowest BCUT2D eigenvalue weighted by atomic mass is 10.2. The molecule has 0 bridgehead atoms. The number of carbonyl (C=O) groups is 2. The normalized spacial score (nSPS) is 11.0. The fourth-order valence-electron chi connectivity index (χ4n) is 2.35. The van der Waals surface area contributed by atoms with Crippen LogP contribution in [-0.2, 0) is 9.59 Å². The van der Waals surface area contributed by atoms with Crippen LogP contribution in [0.15, 0.2) is 50.4 Å². The van der Waals surface area contributed by atoms with Crippen molar-refractivity contribution in [3.63, 3.8) is 0 Å². The van der Waals surface area contributed by atoms with E-state index in [4.69, 9.17) is 9.47 Å². The molecule has 2 rings (SSSR count). The van der Waals surface area contributed by atoms with Crippen molar-refractivity contribution in [1.82, 2.24) is 5.43 Å². The Hall–Kier alpha value is -2.39. The summed E-state index contributed by atoms with van der Waals surface area (Å²) in [6.45, 7) is 5.87. The van der Waals surface area contributed by atoms with E-state index in [1.54, 1.807) is 31.2 Å². The van der Waals surface area contributed by atoms with Crippen LogP contribution in [0, 0.1) is 6.92 Å². The molecule has 160 valence electrons. The van der Waals surface area contributed by atoms with Crippen molar-refractivity contribution < 1.29 is 19.1 Å². The molecule has 0 aliphatic heterocycles. The molecule has 0 radical (unpaired) electrons. The zero-order valence-electron chi connectivity index (χ0n) is 16.9. The number of aryl methyl sites for hydroxylation is 1. The third-order valence-electron chi connectivity index (χ3n) is 3.81. The maximum Gasteiger partial charge on any atom is 0.277 e. The summed E-state index contributed by atoms with van der Waals surface area (Å²) in [4.78, 5) is 24.1. The van der Waals surface area contributed by atoms with E-state index < -0.39 is 5.91 Å². The van der Waals surface area contributed by atoms with E-state index in [1.807, 2.05) is 26.0 Å². The van der Waals surface area contributed by atoms with E-state index in [2.05, 4.69) is 47.7 Å². The average molecular weight is 541 g/mol. The van der Waals surface area contributed by atoms with Gasteiger partial charge in [0.1, 0.15) is 11.5 Å². The first kappa shape index (κ1) is 23.9. The summed E-state index contributed by atoms with van der Waals surface area (Å²) in [5.74, 6) is 0.638. The number of halogens is 2. The van der Waals surface area contributed by atoms with Crippen LogP contribution in [-0.4, -0.2) is 30.7 Å². The summed E-state index contributed by atoms with van der Waals surface area (Å²) < 4.78 is 12.6. The van der Waals surface area contributed by atoms with Crippen LogP contribution < -0.4 is 20.2 Å². The molecule has 0 heterocycles. The topological polar surface area (TPSA) is 89.0 Å². The van der Waals surface area contributed by atoms with Gasteiger partial charge in [0.25, 0.3) is 5.91 Å². The lowest BCUT2D eigenvalue weighted by Gasteiger charge is -2.10. The van der Waals surface area contributed by atoms with Gasteiger partial charge in [0.15, 0.2) is 6.61 Å². The Labute approximate surface area is 192 Å². The molecule has 0 unspecified atom stereocenters. The zero-order valence-corrected chi connectivity index (χ0v) is 20.1. The lowest BCUT2D eigenvalue weighted by Crippen LogP contribution is -2.26. The van der Waals surface area contributed by atoms with Crippen molar-refractivity contribution in [2.24, 2.45) is 5.10 Å². The maximum atomic E-state index is 12.1. The summed E-state index contributed by atoms with van der Waals surface area (Å²) in [6.07, 6.45) is 0.0474. The van der Waals surface area contributed by atoms with Gasteiger partial charge in [-0.3, -0.25) is 9.59 Å². The van der Waals surface area contributed by atoms with Crippen LogP contribution in [0.4, 0.5) is 5.69 Å². The molecule has 0 aliphatic rings. The number of anilines is 1. The van der Waals surface area contributed by atoms with Gasteiger partial charge >= 0.3 is 0 Å². The molecule has 30 heavy (non-hydrogen) atoms. The van der Waals surface area contributed by atoms with E-state index >= 15 is 0 Å². The number of amides is 2. The van der Waals surface area contributed by atoms with Crippen molar-refractivity contribution >= 4 is 55.1 Å². The Balaban J connectivity index is 1.79. The number of hydrazone groups is 1. The predicted octanol–water partition coefficient (Wildman–Crippen LogP) is 4.82. The van der Waals surface area contributed by atoms with Gasteiger partial charge in [-0.25, -0.2) is 5.43 Å². The predicted molar refractivity (Wildman–Crippen MR) is 124 cm³/mol. The standard InChI is InChI=1S/C21H23Br2N3O4/c1-4-29-16-7-5-15(6-8-16)24-20(27)10-14(3)25-26-21(28)12-30-19-9-13(2)17(22)11-18(19)23/h5-9,11H,4,10,12H2,1-3H3,(H,24,27)(H,26,28)/b25-14-. The second kappa shape index (κ2) is 11.7. The number of rotatable bonds is 9. The number of ether oxygens (including phenoxy) is 2. The average Bonchev–Trinajstić information content (AvgIpc) is 2.69. The van der Waals surface area contributed by atoms with Crippen molar-refractivity contribution in [3.05, 3.63) is 50.9 Å². The number of hydrogen-bond donors (Lipinski definition) is 2. The minimum absolute atomic E-state index is 0.0474. The Morgan fingerprint density at radius 1 is 1.03 bits per heavy atom. The van der Waals surface area contributed by atoms with Gasteiger partial charge < -0.3 is 14.8 Å². The lowest BCUT2D eigenvalue weighted by molar-refractivity contribution is -0.123. The van der Waals surface area contributed by atoms with Crippen LogP contribution in [0.1, 0.15) is 25.8 Å². The Morgan fingerprint density at radius 3 is 2.40 bits per heavy atom. The largest absolute Gasteiger partial charge is 0.494 e. The van der Waals surface area contributed by atoms with E-state index in [0.29, 0.717) is 23.8 Å². The first-order valence-corrected chi connectivity index (χ1v) is 10.8. The van der Waals surface area contributed by atoms with Gasteiger partial charge in [0.05, 0.1) is 17.5 Å². The SMILES string of the molecule is CCOc1ccc(NC(=O)C/C(C)=N\NC(=O)COc2cc(C)c(Br)cc2Br)cc1. The van der Waals surface area contributed by atoms with Crippen molar-refractivity contribution in [2.75, 3.05) is 18.5 Å². The maximum absolute atomic E-state index is 12.1. The van der Waals surface area contributed by atoms with Gasteiger partial charge in [-0.1, -0.05) is 15.9 Å². The first-order valence-electron chi connectivity index (χ1n) is 9.21. The molecule has 0 atom stereocenters. The first-order chi connectivity index (χ1) is 14.3. The second-order valence-electron chi connectivity index (χ2n) is 6.38. The van der Waals surface area contributed by atoms with Crippen LogP contribution in [0.5, 0.6) is 11.5 Å². The molecular formula is C21H23Br2N3O4. The minimum Gasteiger partial charge on any atom is -0.494 e. The van der Waals surface area contributed by atoms with Crippen LogP contribution >= 0.6 is 31.9 Å². The molecule has 0 saturated heterocycles. The Bertz CT molecular complexity index is 931. The molecule has 2 amide bonds. The van der Waals surface area contributed by atoms with E-state index in [-0.39, 0.29) is 18.9 Å². The summed E-state index contributed by atoms with van der Waals surface area (Å²) >= 11 is 6.82. The quantitative estimate of drug-likeness (QED) is 0.352. The minimum atomic E-state index is -0.422. The number of hydrogen-bond acceptors (Lipinski definition) is 5. The number of nitrogens with zero attached hydrogens (tertiary/aromatic N) is 1. The number of benzene rings is 2. The molecular weight excluding hydrogens is 518 g/mol. The molecule has 0 aliphatic carbocycles. The summed E-state index contributed by atoms with van der Waals surface area (Å²) in [5, 5.41) is 6.72. The third-order valence-corrected chi connectivity index (χ3v) is 5.28. The summed E-state index contributed by atoms with van der Waals surface area (Å²) in [6, 6.07) is 10.8. The van der Waals surface area contributed by atoms with Crippen molar-refractivity contribution in [2.45, 2.75) is 27.2 Å². The molecule has 2 N–H and O–H groups in total. The zero-order chi connectivity index (χ0) is 22.1. The van der Waals surface area contributed by atoms with Crippen LogP contribution in [0.3, 0.4) is 0 Å². The third kappa shape index (κ3) is 7.79. The molecule has 7 nitrogen and oxygen atoms in total. The monoisotopic (exact) mass is 539 g/mol. The van der Waals surface area contributed by atoms with Crippen molar-refractivity contribution in [1.29, 1.82) is 0 Å². The van der Waals surface area contributed by atoms with Gasteiger partial charge in [-0.05, 0) is 78.7 Å². The molecule has 9 heteroatoms. The molecule has 0 saturated carbocycles. The van der Waals surface area contributed by atoms with Gasteiger partial charge in [-0.15, -0.1) is 0 Å². The number of nitrogens with one attached hydrogen (secondary N) is 2.